The van der Waals surface area contributed by atoms with E-state index in [1.54, 1.807) is 0 Å². The number of carbonyl (C=O) groups is 1. The van der Waals surface area contributed by atoms with E-state index in [1.807, 2.05) is 0 Å². The molecule has 0 unspecified atom stereocenters. The lowest BCUT2D eigenvalue weighted by molar-refractivity contribution is -0.114. The fourth-order valence-corrected chi connectivity index (χ4v) is 3.79. The maximum absolute atomic E-state index is 12.5. The van der Waals surface area contributed by atoms with Gasteiger partial charge >= 0.3 is 0 Å². The number of nitrogens with zero attached hydrogens (tertiary/aromatic N) is 1. The van der Waals surface area contributed by atoms with Crippen LogP contribution in [0.2, 0.25) is 0 Å². The molecule has 0 aliphatic carbocycles. The first-order valence-electron chi connectivity index (χ1n) is 6.56. The highest BCUT2D eigenvalue weighted by Crippen LogP contribution is 2.29. The van der Waals surface area contributed by atoms with Gasteiger partial charge in [-0.3, -0.25) is 4.79 Å². The predicted molar refractivity (Wildman–Crippen MR) is 78.6 cm³/mol. The zero-order chi connectivity index (χ0) is 15.6. The molecule has 0 spiro atoms. The number of sulfonamides is 1. The topological polar surface area (TPSA) is 102 Å². The van der Waals surface area contributed by atoms with Crippen LogP contribution >= 0.6 is 0 Å². The van der Waals surface area contributed by atoms with E-state index in [-0.39, 0.29) is 16.8 Å². The van der Waals surface area contributed by atoms with E-state index in [0.717, 1.165) is 0 Å². The Morgan fingerprint density at radius 1 is 1.48 bits per heavy atom. The average Bonchev–Trinajstić information content (AvgIpc) is 2.85. The number of hydrogen-bond donors (Lipinski definition) is 2. The minimum absolute atomic E-state index is 0.112. The van der Waals surface area contributed by atoms with Gasteiger partial charge in [-0.25, -0.2) is 8.42 Å². The molecule has 0 bridgehead atoms. The number of ether oxygens (including phenoxy) is 1. The summed E-state index contributed by atoms with van der Waals surface area (Å²) in [5.74, 6) is 0.105. The van der Waals surface area contributed by atoms with E-state index in [0.29, 0.717) is 30.9 Å². The molecule has 0 radical (unpaired) electrons. The Morgan fingerprint density at radius 3 is 2.71 bits per heavy atom. The van der Waals surface area contributed by atoms with E-state index in [1.165, 1.54) is 36.5 Å². The molecule has 2 rings (SSSR count). The van der Waals surface area contributed by atoms with Crippen molar-refractivity contribution in [3.63, 3.8) is 0 Å². The SMILES string of the molecule is COc1ccc(S(=O)(=O)N2CC[C@H](N)C2)cc1NC(C)=O. The molecule has 1 atom stereocenters. The van der Waals surface area contributed by atoms with Crippen molar-refractivity contribution in [1.29, 1.82) is 0 Å². The van der Waals surface area contributed by atoms with E-state index in [4.69, 9.17) is 10.5 Å². The summed E-state index contributed by atoms with van der Waals surface area (Å²) in [4.78, 5) is 11.3. The van der Waals surface area contributed by atoms with Gasteiger partial charge in [-0.05, 0) is 24.6 Å². The summed E-state index contributed by atoms with van der Waals surface area (Å²) in [6, 6.07) is 4.25. The van der Waals surface area contributed by atoms with Gasteiger partial charge in [0, 0.05) is 26.1 Å². The smallest absolute Gasteiger partial charge is 0.243 e. The second-order valence-electron chi connectivity index (χ2n) is 4.96. The van der Waals surface area contributed by atoms with Crippen LogP contribution in [0, 0.1) is 0 Å². The largest absolute Gasteiger partial charge is 0.495 e. The lowest BCUT2D eigenvalue weighted by atomic mass is 10.3. The van der Waals surface area contributed by atoms with Crippen LogP contribution in [-0.2, 0) is 14.8 Å². The molecule has 3 N–H and O–H groups in total. The van der Waals surface area contributed by atoms with Gasteiger partial charge in [0.05, 0.1) is 17.7 Å². The molecule has 21 heavy (non-hydrogen) atoms. The molecule has 1 aliphatic heterocycles. The maximum atomic E-state index is 12.5. The lowest BCUT2D eigenvalue weighted by Gasteiger charge is -2.17. The van der Waals surface area contributed by atoms with Crippen molar-refractivity contribution in [2.45, 2.75) is 24.3 Å². The quantitative estimate of drug-likeness (QED) is 0.836. The highest BCUT2D eigenvalue weighted by atomic mass is 32.2. The maximum Gasteiger partial charge on any atom is 0.243 e. The number of benzene rings is 1. The van der Waals surface area contributed by atoms with Gasteiger partial charge in [0.2, 0.25) is 15.9 Å². The van der Waals surface area contributed by atoms with Gasteiger partial charge in [0.1, 0.15) is 5.75 Å². The molecule has 7 nitrogen and oxygen atoms in total. The van der Waals surface area contributed by atoms with E-state index in [9.17, 15) is 13.2 Å². The standard InChI is InChI=1S/C13H19N3O4S/c1-9(17)15-12-7-11(3-4-13(12)20-2)21(18,19)16-6-5-10(14)8-16/h3-4,7,10H,5-6,8,14H2,1-2H3,(H,15,17)/t10-/m0/s1. The Morgan fingerprint density at radius 2 is 2.19 bits per heavy atom. The van der Waals surface area contributed by atoms with Crippen molar-refractivity contribution >= 4 is 21.6 Å². The molecule has 1 heterocycles. The Balaban J connectivity index is 2.37. The van der Waals surface area contributed by atoms with Crippen LogP contribution in [0.1, 0.15) is 13.3 Å². The summed E-state index contributed by atoms with van der Waals surface area (Å²) < 4.78 is 31.5. The normalized spacial score (nSPS) is 19.5. The first kappa shape index (κ1) is 15.7. The van der Waals surface area contributed by atoms with Gasteiger partial charge in [0.15, 0.2) is 0 Å². The van der Waals surface area contributed by atoms with Crippen molar-refractivity contribution in [2.24, 2.45) is 5.73 Å². The molecule has 1 saturated heterocycles. The van der Waals surface area contributed by atoms with Crippen LogP contribution < -0.4 is 15.8 Å². The molecule has 1 fully saturated rings. The number of nitrogens with two attached hydrogens (primary N) is 1. The van der Waals surface area contributed by atoms with Gasteiger partial charge in [-0.1, -0.05) is 0 Å². The van der Waals surface area contributed by atoms with Gasteiger partial charge in [-0.2, -0.15) is 4.31 Å². The number of methoxy groups -OCH3 is 1. The van der Waals surface area contributed by atoms with E-state index in [2.05, 4.69) is 5.32 Å². The summed E-state index contributed by atoms with van der Waals surface area (Å²) >= 11 is 0. The van der Waals surface area contributed by atoms with Crippen molar-refractivity contribution in [3.05, 3.63) is 18.2 Å². The molecular formula is C13H19N3O4S. The van der Waals surface area contributed by atoms with E-state index >= 15 is 0 Å². The van der Waals surface area contributed by atoms with E-state index < -0.39 is 10.0 Å². The zero-order valence-electron chi connectivity index (χ0n) is 12.0. The fraction of sp³-hybridized carbons (Fsp3) is 0.462. The zero-order valence-corrected chi connectivity index (χ0v) is 12.8. The van der Waals surface area contributed by atoms with Gasteiger partial charge in [-0.15, -0.1) is 0 Å². The third-order valence-corrected chi connectivity index (χ3v) is 5.17. The molecule has 0 aromatic heterocycles. The Kier molecular flexibility index (Phi) is 4.50. The molecule has 116 valence electrons. The average molecular weight is 313 g/mol. The Bertz CT molecular complexity index is 645. The summed E-state index contributed by atoms with van der Waals surface area (Å²) in [7, 11) is -2.16. The highest BCUT2D eigenvalue weighted by Gasteiger charge is 2.31. The van der Waals surface area contributed by atoms with Crippen LogP contribution in [0.15, 0.2) is 23.1 Å². The van der Waals surface area contributed by atoms with Crippen molar-refractivity contribution in [3.8, 4) is 5.75 Å². The Hall–Kier alpha value is -1.64. The van der Waals surface area contributed by atoms with Crippen molar-refractivity contribution in [2.75, 3.05) is 25.5 Å². The van der Waals surface area contributed by atoms with Crippen LogP contribution in [0.5, 0.6) is 5.75 Å². The molecule has 8 heteroatoms. The third kappa shape index (κ3) is 3.34. The number of rotatable bonds is 4. The fourth-order valence-electron chi connectivity index (χ4n) is 2.26. The minimum Gasteiger partial charge on any atom is -0.495 e. The number of hydrogen-bond acceptors (Lipinski definition) is 5. The molecule has 1 amide bonds. The molecule has 1 aromatic rings. The molecular weight excluding hydrogens is 294 g/mol. The Labute approximate surface area is 124 Å². The second-order valence-corrected chi connectivity index (χ2v) is 6.89. The molecule has 1 aromatic carbocycles. The van der Waals surface area contributed by atoms with Gasteiger partial charge in [0.25, 0.3) is 0 Å². The van der Waals surface area contributed by atoms with Crippen molar-refractivity contribution in [1.82, 2.24) is 4.31 Å². The molecule has 1 aliphatic rings. The molecule has 0 saturated carbocycles. The monoisotopic (exact) mass is 313 g/mol. The van der Waals surface area contributed by atoms with Crippen LogP contribution in [-0.4, -0.2) is 44.9 Å². The van der Waals surface area contributed by atoms with Crippen LogP contribution in [0.4, 0.5) is 5.69 Å². The van der Waals surface area contributed by atoms with Crippen molar-refractivity contribution < 1.29 is 17.9 Å². The van der Waals surface area contributed by atoms with Gasteiger partial charge < -0.3 is 15.8 Å². The summed E-state index contributed by atoms with van der Waals surface area (Å²) in [6.45, 7) is 2.06. The summed E-state index contributed by atoms with van der Waals surface area (Å²) in [6.07, 6.45) is 0.647. The number of anilines is 1. The number of carbonyl (C=O) groups excluding carboxylic acids is 1. The first-order valence-corrected chi connectivity index (χ1v) is 8.00. The third-order valence-electron chi connectivity index (χ3n) is 3.31. The van der Waals surface area contributed by atoms with Crippen LogP contribution in [0.3, 0.4) is 0 Å². The van der Waals surface area contributed by atoms with Crippen LogP contribution in [0.25, 0.3) is 0 Å². The predicted octanol–water partition coefficient (Wildman–Crippen LogP) is 0.375. The number of amides is 1. The summed E-state index contributed by atoms with van der Waals surface area (Å²) in [5, 5.41) is 2.56. The number of nitrogens with one attached hydrogen (secondary N) is 1. The first-order chi connectivity index (χ1) is 9.84. The summed E-state index contributed by atoms with van der Waals surface area (Å²) in [5.41, 5.74) is 6.09. The minimum atomic E-state index is -3.61. The lowest BCUT2D eigenvalue weighted by Crippen LogP contribution is -2.32. The second kappa shape index (κ2) is 6.00. The highest BCUT2D eigenvalue weighted by molar-refractivity contribution is 7.89.